The number of amides is 1. The fraction of sp³-hybridized carbons (Fsp3) is 0.562. The first-order chi connectivity index (χ1) is 10.7. The van der Waals surface area contributed by atoms with Gasteiger partial charge in [0.15, 0.2) is 0 Å². The summed E-state index contributed by atoms with van der Waals surface area (Å²) in [5.41, 5.74) is 1.00. The molecular formula is C16H23ClN2O3. The molecule has 0 aromatic heterocycles. The molecule has 1 aromatic rings. The summed E-state index contributed by atoms with van der Waals surface area (Å²) in [7, 11) is 1.57. The number of ether oxygens (including phenoxy) is 2. The van der Waals surface area contributed by atoms with E-state index in [2.05, 4.69) is 10.6 Å². The molecule has 2 atom stereocenters. The molecule has 0 aliphatic carbocycles. The average Bonchev–Trinajstić information content (AvgIpc) is 2.54. The van der Waals surface area contributed by atoms with Crippen LogP contribution in [0.2, 0.25) is 5.02 Å². The van der Waals surface area contributed by atoms with Crippen molar-refractivity contribution in [3.8, 4) is 0 Å². The highest BCUT2D eigenvalue weighted by atomic mass is 35.5. The predicted octanol–water partition coefficient (Wildman–Crippen LogP) is 2.75. The number of hydrogen-bond acceptors (Lipinski definition) is 4. The van der Waals surface area contributed by atoms with Crippen LogP contribution in [-0.2, 0) is 9.47 Å². The van der Waals surface area contributed by atoms with Crippen LogP contribution in [0.25, 0.3) is 0 Å². The highest BCUT2D eigenvalue weighted by molar-refractivity contribution is 6.30. The maximum atomic E-state index is 12.0. The fourth-order valence-corrected chi connectivity index (χ4v) is 2.92. The van der Waals surface area contributed by atoms with E-state index in [9.17, 15) is 4.79 Å². The van der Waals surface area contributed by atoms with E-state index in [0.717, 1.165) is 31.5 Å². The van der Waals surface area contributed by atoms with Crippen LogP contribution in [0.1, 0.15) is 24.4 Å². The van der Waals surface area contributed by atoms with Gasteiger partial charge in [0.1, 0.15) is 6.61 Å². The van der Waals surface area contributed by atoms with Gasteiger partial charge in [-0.15, -0.1) is 0 Å². The molecule has 2 N–H and O–H groups in total. The molecule has 122 valence electrons. The maximum absolute atomic E-state index is 12.0. The lowest BCUT2D eigenvalue weighted by Gasteiger charge is -2.31. The number of alkyl carbamates (subject to hydrolysis) is 1. The van der Waals surface area contributed by atoms with Crippen LogP contribution in [0.15, 0.2) is 24.3 Å². The molecule has 6 heteroatoms. The van der Waals surface area contributed by atoms with E-state index >= 15 is 0 Å². The number of carbonyl (C=O) groups excluding carboxylic acids is 1. The van der Waals surface area contributed by atoms with E-state index in [-0.39, 0.29) is 12.6 Å². The lowest BCUT2D eigenvalue weighted by atomic mass is 9.87. The minimum absolute atomic E-state index is 0.110. The van der Waals surface area contributed by atoms with Gasteiger partial charge in [0, 0.05) is 18.7 Å². The normalized spacial score (nSPS) is 19.5. The molecule has 22 heavy (non-hydrogen) atoms. The zero-order chi connectivity index (χ0) is 15.8. The van der Waals surface area contributed by atoms with Gasteiger partial charge in [-0.1, -0.05) is 23.7 Å². The standard InChI is InChI=1S/C16H23ClN2O3/c1-21-8-9-22-16(20)19-15(13-5-3-7-18-11-13)12-4-2-6-14(17)10-12/h2,4,6,10,13,15,18H,3,5,7-9,11H2,1H3,(H,19,20). The Kier molecular flexibility index (Phi) is 6.96. The molecule has 1 aromatic carbocycles. The number of carbonyl (C=O) groups is 1. The van der Waals surface area contributed by atoms with Crippen LogP contribution >= 0.6 is 11.6 Å². The predicted molar refractivity (Wildman–Crippen MR) is 86.1 cm³/mol. The molecule has 0 bridgehead atoms. The fourth-order valence-electron chi connectivity index (χ4n) is 2.72. The topological polar surface area (TPSA) is 59.6 Å². The molecule has 1 amide bonds. The van der Waals surface area contributed by atoms with Gasteiger partial charge in [0.2, 0.25) is 0 Å². The molecule has 1 saturated heterocycles. The number of methoxy groups -OCH3 is 1. The molecule has 2 rings (SSSR count). The highest BCUT2D eigenvalue weighted by Gasteiger charge is 2.27. The number of rotatable bonds is 6. The smallest absolute Gasteiger partial charge is 0.407 e. The lowest BCUT2D eigenvalue weighted by Crippen LogP contribution is -2.41. The summed E-state index contributed by atoms with van der Waals surface area (Å²) in [5.74, 6) is 0.321. The number of benzene rings is 1. The minimum atomic E-state index is -0.424. The van der Waals surface area contributed by atoms with E-state index in [1.807, 2.05) is 24.3 Å². The molecule has 0 spiro atoms. The van der Waals surface area contributed by atoms with Crippen molar-refractivity contribution >= 4 is 17.7 Å². The average molecular weight is 327 g/mol. The first-order valence-electron chi connectivity index (χ1n) is 7.59. The van der Waals surface area contributed by atoms with Gasteiger partial charge in [-0.3, -0.25) is 0 Å². The molecule has 1 fully saturated rings. The Morgan fingerprint density at radius 1 is 1.50 bits per heavy atom. The Balaban J connectivity index is 2.05. The third kappa shape index (κ3) is 5.16. The minimum Gasteiger partial charge on any atom is -0.447 e. The van der Waals surface area contributed by atoms with Crippen molar-refractivity contribution in [3.05, 3.63) is 34.9 Å². The van der Waals surface area contributed by atoms with Crippen LogP contribution < -0.4 is 10.6 Å². The van der Waals surface area contributed by atoms with Crippen molar-refractivity contribution in [2.45, 2.75) is 18.9 Å². The van der Waals surface area contributed by atoms with Crippen LogP contribution in [0.3, 0.4) is 0 Å². The summed E-state index contributed by atoms with van der Waals surface area (Å²) in [4.78, 5) is 12.0. The molecule has 1 aliphatic rings. The second-order valence-electron chi connectivity index (χ2n) is 5.41. The quantitative estimate of drug-likeness (QED) is 0.789. The lowest BCUT2D eigenvalue weighted by molar-refractivity contribution is 0.0936. The third-order valence-corrected chi connectivity index (χ3v) is 4.04. The van der Waals surface area contributed by atoms with Gasteiger partial charge < -0.3 is 20.1 Å². The second-order valence-corrected chi connectivity index (χ2v) is 5.85. The molecule has 1 heterocycles. The molecule has 2 unspecified atom stereocenters. The van der Waals surface area contributed by atoms with E-state index in [4.69, 9.17) is 21.1 Å². The van der Waals surface area contributed by atoms with Gasteiger partial charge in [-0.2, -0.15) is 0 Å². The van der Waals surface area contributed by atoms with Crippen molar-refractivity contribution in [2.24, 2.45) is 5.92 Å². The summed E-state index contributed by atoms with van der Waals surface area (Å²) in [5, 5.41) is 7.02. The Morgan fingerprint density at radius 2 is 2.36 bits per heavy atom. The summed E-state index contributed by atoms with van der Waals surface area (Å²) in [6.07, 6.45) is 1.73. The van der Waals surface area contributed by atoms with Crippen molar-refractivity contribution in [1.82, 2.24) is 10.6 Å². The SMILES string of the molecule is COCCOC(=O)NC(c1cccc(Cl)c1)C1CCCNC1. The zero-order valence-electron chi connectivity index (χ0n) is 12.8. The van der Waals surface area contributed by atoms with E-state index in [1.54, 1.807) is 7.11 Å². The number of hydrogen-bond donors (Lipinski definition) is 2. The van der Waals surface area contributed by atoms with Crippen LogP contribution in [0.4, 0.5) is 4.79 Å². The summed E-state index contributed by atoms with van der Waals surface area (Å²) in [6.45, 7) is 2.53. The second kappa shape index (κ2) is 8.98. The van der Waals surface area contributed by atoms with E-state index in [1.165, 1.54) is 0 Å². The molecule has 1 aliphatic heterocycles. The van der Waals surface area contributed by atoms with Crippen molar-refractivity contribution in [2.75, 3.05) is 33.4 Å². The number of nitrogens with one attached hydrogen (secondary N) is 2. The third-order valence-electron chi connectivity index (χ3n) is 3.81. The number of piperidine rings is 1. The Labute approximate surface area is 136 Å². The molecule has 0 radical (unpaired) electrons. The summed E-state index contributed by atoms with van der Waals surface area (Å²) >= 11 is 6.09. The Hall–Kier alpha value is -1.30. The first kappa shape index (κ1) is 17.1. The van der Waals surface area contributed by atoms with Crippen LogP contribution in [0.5, 0.6) is 0 Å². The van der Waals surface area contributed by atoms with Gasteiger partial charge in [-0.05, 0) is 43.0 Å². The largest absolute Gasteiger partial charge is 0.447 e. The van der Waals surface area contributed by atoms with Crippen molar-refractivity contribution < 1.29 is 14.3 Å². The Morgan fingerprint density at radius 3 is 3.05 bits per heavy atom. The van der Waals surface area contributed by atoms with Gasteiger partial charge >= 0.3 is 6.09 Å². The molecule has 5 nitrogen and oxygen atoms in total. The summed E-state index contributed by atoms with van der Waals surface area (Å²) < 4.78 is 10.0. The van der Waals surface area contributed by atoms with Crippen molar-refractivity contribution in [1.29, 1.82) is 0 Å². The Bertz CT molecular complexity index is 478. The number of halogens is 1. The van der Waals surface area contributed by atoms with Gasteiger partial charge in [0.25, 0.3) is 0 Å². The first-order valence-corrected chi connectivity index (χ1v) is 7.97. The van der Waals surface area contributed by atoms with Crippen molar-refractivity contribution in [3.63, 3.8) is 0 Å². The van der Waals surface area contributed by atoms with E-state index in [0.29, 0.717) is 17.5 Å². The van der Waals surface area contributed by atoms with E-state index < -0.39 is 6.09 Å². The maximum Gasteiger partial charge on any atom is 0.407 e. The molecule has 0 saturated carbocycles. The van der Waals surface area contributed by atoms with Gasteiger partial charge in [-0.25, -0.2) is 4.79 Å². The van der Waals surface area contributed by atoms with Gasteiger partial charge in [0.05, 0.1) is 12.6 Å². The highest BCUT2D eigenvalue weighted by Crippen LogP contribution is 2.29. The van der Waals surface area contributed by atoms with Crippen LogP contribution in [0, 0.1) is 5.92 Å². The zero-order valence-corrected chi connectivity index (χ0v) is 13.6. The molecular weight excluding hydrogens is 304 g/mol. The monoisotopic (exact) mass is 326 g/mol. The summed E-state index contributed by atoms with van der Waals surface area (Å²) in [6, 6.07) is 7.51. The van der Waals surface area contributed by atoms with Crippen LogP contribution in [-0.4, -0.2) is 39.5 Å².